The summed E-state index contributed by atoms with van der Waals surface area (Å²) in [6, 6.07) is 0. The Labute approximate surface area is 70.5 Å². The van der Waals surface area contributed by atoms with Crippen molar-refractivity contribution in [2.75, 3.05) is 0 Å². The largest absolute Gasteiger partial charge is 0.480 e. The summed E-state index contributed by atoms with van der Waals surface area (Å²) in [5.74, 6) is 0.0200. The van der Waals surface area contributed by atoms with E-state index in [2.05, 4.69) is 0 Å². The van der Waals surface area contributed by atoms with Gasteiger partial charge in [0.1, 0.15) is 4.87 Å². The maximum atomic E-state index is 10.8. The van der Waals surface area contributed by atoms with Crippen molar-refractivity contribution in [1.82, 2.24) is 0 Å². The highest BCUT2D eigenvalue weighted by atomic mass is 35.5. The number of rotatable bonds is 1. The van der Waals surface area contributed by atoms with Gasteiger partial charge in [-0.3, -0.25) is 4.79 Å². The third-order valence-electron chi connectivity index (χ3n) is 3.13. The topological polar surface area (TPSA) is 37.3 Å². The first-order valence-corrected chi connectivity index (χ1v) is 4.43. The molecule has 11 heavy (non-hydrogen) atoms. The molecule has 2 bridgehead atoms. The van der Waals surface area contributed by atoms with E-state index < -0.39 is 10.8 Å². The van der Waals surface area contributed by atoms with Gasteiger partial charge in [0.15, 0.2) is 0 Å². The molecule has 62 valence electrons. The molecule has 2 saturated carbocycles. The molecule has 2 fully saturated rings. The average Bonchev–Trinajstić information content (AvgIpc) is 2.45. The van der Waals surface area contributed by atoms with Crippen molar-refractivity contribution in [3.05, 3.63) is 0 Å². The van der Waals surface area contributed by atoms with Gasteiger partial charge in [0.25, 0.3) is 0 Å². The molecule has 0 amide bonds. The Kier molecular flexibility index (Phi) is 1.43. The van der Waals surface area contributed by atoms with E-state index in [4.69, 9.17) is 16.7 Å². The van der Waals surface area contributed by atoms with Gasteiger partial charge in [0.2, 0.25) is 0 Å². The lowest BCUT2D eigenvalue weighted by atomic mass is 9.88. The number of halogens is 1. The second-order valence-corrected chi connectivity index (χ2v) is 4.42. The molecule has 0 aromatic rings. The van der Waals surface area contributed by atoms with Gasteiger partial charge in [-0.2, -0.15) is 0 Å². The fraction of sp³-hybridized carbons (Fsp3) is 0.875. The lowest BCUT2D eigenvalue weighted by Crippen LogP contribution is -2.37. The predicted molar refractivity (Wildman–Crippen MR) is 41.7 cm³/mol. The van der Waals surface area contributed by atoms with Crippen molar-refractivity contribution in [3.63, 3.8) is 0 Å². The number of hydrogen-bond donors (Lipinski definition) is 1. The minimum absolute atomic E-state index is 0.242. The van der Waals surface area contributed by atoms with Crippen LogP contribution in [0.5, 0.6) is 0 Å². The van der Waals surface area contributed by atoms with Crippen molar-refractivity contribution in [3.8, 4) is 0 Å². The first-order valence-electron chi connectivity index (χ1n) is 4.05. The van der Waals surface area contributed by atoms with Crippen LogP contribution in [0.2, 0.25) is 0 Å². The standard InChI is InChI=1S/C8H11ClO2/c9-8(7(10)11)4-5-1-2-6(8)3-5/h5-6H,1-4H2,(H,10,11)/t5-,6+,8-/m1/s1. The second-order valence-electron chi connectivity index (χ2n) is 3.75. The number of hydrogen-bond acceptors (Lipinski definition) is 1. The monoisotopic (exact) mass is 174 g/mol. The zero-order valence-corrected chi connectivity index (χ0v) is 6.97. The van der Waals surface area contributed by atoms with Gasteiger partial charge in [-0.25, -0.2) is 0 Å². The van der Waals surface area contributed by atoms with Crippen molar-refractivity contribution < 1.29 is 9.90 Å². The molecule has 3 heteroatoms. The molecule has 2 aliphatic carbocycles. The summed E-state index contributed by atoms with van der Waals surface area (Å²) in [6.45, 7) is 0. The van der Waals surface area contributed by atoms with E-state index in [9.17, 15) is 4.79 Å². The summed E-state index contributed by atoms with van der Waals surface area (Å²) < 4.78 is 0. The van der Waals surface area contributed by atoms with Crippen LogP contribution in [-0.2, 0) is 4.79 Å². The van der Waals surface area contributed by atoms with E-state index in [0.29, 0.717) is 12.3 Å². The third-order valence-corrected chi connectivity index (χ3v) is 3.75. The van der Waals surface area contributed by atoms with Crippen molar-refractivity contribution in [2.45, 2.75) is 30.6 Å². The first-order chi connectivity index (χ1) is 5.13. The molecular formula is C8H11ClO2. The molecule has 0 radical (unpaired) electrons. The molecule has 0 aromatic carbocycles. The van der Waals surface area contributed by atoms with E-state index in [0.717, 1.165) is 12.8 Å². The van der Waals surface area contributed by atoms with Crippen LogP contribution >= 0.6 is 11.6 Å². The van der Waals surface area contributed by atoms with Gasteiger partial charge >= 0.3 is 5.97 Å². The van der Waals surface area contributed by atoms with Gasteiger partial charge in [0, 0.05) is 0 Å². The summed E-state index contributed by atoms with van der Waals surface area (Å²) in [5, 5.41) is 8.86. The SMILES string of the molecule is O=C(O)[C@@]1(Cl)C[C@@H]2CC[C@H]1C2. The quantitative estimate of drug-likeness (QED) is 0.617. The number of carbonyl (C=O) groups is 1. The lowest BCUT2D eigenvalue weighted by molar-refractivity contribution is -0.141. The Bertz CT molecular complexity index is 204. The summed E-state index contributed by atoms with van der Waals surface area (Å²) >= 11 is 6.00. The van der Waals surface area contributed by atoms with Crippen LogP contribution in [0.3, 0.4) is 0 Å². The normalized spacial score (nSPS) is 48.1. The molecule has 0 aromatic heterocycles. The van der Waals surface area contributed by atoms with E-state index >= 15 is 0 Å². The maximum absolute atomic E-state index is 10.8. The smallest absolute Gasteiger partial charge is 0.325 e. The zero-order valence-electron chi connectivity index (χ0n) is 6.22. The van der Waals surface area contributed by atoms with Gasteiger partial charge in [0.05, 0.1) is 0 Å². The fourth-order valence-corrected chi connectivity index (χ4v) is 2.94. The van der Waals surface area contributed by atoms with Crippen molar-refractivity contribution >= 4 is 17.6 Å². The van der Waals surface area contributed by atoms with E-state index in [1.165, 1.54) is 6.42 Å². The average molecular weight is 175 g/mol. The van der Waals surface area contributed by atoms with Crippen molar-refractivity contribution in [1.29, 1.82) is 0 Å². The van der Waals surface area contributed by atoms with Crippen LogP contribution in [0.4, 0.5) is 0 Å². The van der Waals surface area contributed by atoms with E-state index in [1.807, 2.05) is 0 Å². The number of carboxylic acid groups (broad SMARTS) is 1. The van der Waals surface area contributed by atoms with Gasteiger partial charge in [-0.15, -0.1) is 11.6 Å². The van der Waals surface area contributed by atoms with E-state index in [1.54, 1.807) is 0 Å². The van der Waals surface area contributed by atoms with Gasteiger partial charge in [-0.05, 0) is 31.1 Å². The molecule has 1 N–H and O–H groups in total. The Morgan fingerprint density at radius 1 is 1.55 bits per heavy atom. The van der Waals surface area contributed by atoms with Crippen LogP contribution in [0.1, 0.15) is 25.7 Å². The van der Waals surface area contributed by atoms with Crippen LogP contribution < -0.4 is 0 Å². The fourth-order valence-electron chi connectivity index (χ4n) is 2.52. The lowest BCUT2D eigenvalue weighted by Gasteiger charge is -2.26. The molecule has 0 unspecified atom stereocenters. The zero-order chi connectivity index (χ0) is 8.06. The summed E-state index contributed by atoms with van der Waals surface area (Å²) in [5.41, 5.74) is 0. The number of fused-ring (bicyclic) bond motifs is 2. The Morgan fingerprint density at radius 3 is 2.55 bits per heavy atom. The highest BCUT2D eigenvalue weighted by Gasteiger charge is 2.54. The van der Waals surface area contributed by atoms with Gasteiger partial charge in [-0.1, -0.05) is 6.42 Å². The summed E-state index contributed by atoms with van der Waals surface area (Å²) in [7, 11) is 0. The highest BCUT2D eigenvalue weighted by Crippen LogP contribution is 2.54. The Balaban J connectivity index is 2.23. The maximum Gasteiger partial charge on any atom is 0.325 e. The summed E-state index contributed by atoms with van der Waals surface area (Å²) in [6.07, 6.45) is 3.93. The molecule has 3 atom stereocenters. The van der Waals surface area contributed by atoms with Crippen LogP contribution in [0.25, 0.3) is 0 Å². The number of alkyl halides is 1. The molecule has 0 aliphatic heterocycles. The van der Waals surface area contributed by atoms with Gasteiger partial charge < -0.3 is 5.11 Å². The molecule has 0 spiro atoms. The number of carboxylic acids is 1. The molecule has 0 heterocycles. The molecule has 2 aliphatic rings. The predicted octanol–water partition coefficient (Wildman–Crippen LogP) is 1.87. The Hall–Kier alpha value is -0.240. The first kappa shape index (κ1) is 7.41. The Morgan fingerprint density at radius 2 is 2.27 bits per heavy atom. The van der Waals surface area contributed by atoms with E-state index in [-0.39, 0.29) is 5.92 Å². The third kappa shape index (κ3) is 0.886. The second kappa shape index (κ2) is 2.13. The highest BCUT2D eigenvalue weighted by molar-refractivity contribution is 6.34. The van der Waals surface area contributed by atoms with Crippen molar-refractivity contribution in [2.24, 2.45) is 11.8 Å². The minimum atomic E-state index is -0.900. The van der Waals surface area contributed by atoms with Crippen LogP contribution in [0, 0.1) is 11.8 Å². The molecular weight excluding hydrogens is 164 g/mol. The molecule has 2 nitrogen and oxygen atoms in total. The summed E-state index contributed by atoms with van der Waals surface area (Å²) in [4.78, 5) is 9.88. The van der Waals surface area contributed by atoms with Crippen LogP contribution in [0.15, 0.2) is 0 Å². The molecule has 2 rings (SSSR count). The van der Waals surface area contributed by atoms with Crippen LogP contribution in [-0.4, -0.2) is 16.0 Å². The minimum Gasteiger partial charge on any atom is -0.480 e. The number of aliphatic carboxylic acids is 1. The molecule has 0 saturated heterocycles.